The maximum absolute atomic E-state index is 12.5. The summed E-state index contributed by atoms with van der Waals surface area (Å²) in [6, 6.07) is 14.0. The van der Waals surface area contributed by atoms with Gasteiger partial charge in [-0.2, -0.15) is 0 Å². The molecule has 0 spiro atoms. The number of amides is 2. The Hall–Kier alpha value is -2.65. The number of carbonyl (C=O) groups is 2. The minimum absolute atomic E-state index is 0.0615. The fourth-order valence-corrected chi connectivity index (χ4v) is 2.57. The third-order valence-electron chi connectivity index (χ3n) is 3.20. The highest BCUT2D eigenvalue weighted by molar-refractivity contribution is 9.10. The first-order valence-corrected chi connectivity index (χ1v) is 9.59. The van der Waals surface area contributed by atoms with Crippen LogP contribution in [0.25, 0.3) is 0 Å². The summed E-state index contributed by atoms with van der Waals surface area (Å²) in [5.41, 5.74) is 5.13. The average Bonchev–Trinajstić information content (AvgIpc) is 2.66. The van der Waals surface area contributed by atoms with E-state index in [2.05, 4.69) is 32.1 Å². The Morgan fingerprint density at radius 1 is 1.11 bits per heavy atom. The molecule has 28 heavy (non-hydrogen) atoms. The molecule has 0 bridgehead atoms. The molecule has 2 aromatic carbocycles. The number of benzene rings is 2. The minimum atomic E-state index is -0.468. The molecule has 2 aromatic rings. The lowest BCUT2D eigenvalue weighted by atomic mass is 10.2. The fourth-order valence-electron chi connectivity index (χ4n) is 2.07. The maximum Gasteiger partial charge on any atom is 0.276 e. The van der Waals surface area contributed by atoms with Gasteiger partial charge in [-0.05, 0) is 56.4 Å². The van der Waals surface area contributed by atoms with Gasteiger partial charge in [-0.1, -0.05) is 34.1 Å². The Morgan fingerprint density at radius 2 is 1.82 bits per heavy atom. The highest BCUT2D eigenvalue weighted by Gasteiger charge is 2.16. The van der Waals surface area contributed by atoms with Gasteiger partial charge in [0.05, 0.1) is 11.7 Å². The summed E-state index contributed by atoms with van der Waals surface area (Å²) in [6.45, 7) is 3.53. The molecule has 0 aliphatic rings. The highest BCUT2D eigenvalue weighted by atomic mass is 79.9. The van der Waals surface area contributed by atoms with Gasteiger partial charge < -0.3 is 9.47 Å². The van der Waals surface area contributed by atoms with E-state index in [0.717, 1.165) is 4.47 Å². The average molecular weight is 466 g/mol. The molecule has 2 rings (SSSR count). The van der Waals surface area contributed by atoms with Gasteiger partial charge >= 0.3 is 0 Å². The van der Waals surface area contributed by atoms with Crippen LogP contribution in [0, 0.1) is 0 Å². The number of rotatable bonds is 6. The second-order valence-electron chi connectivity index (χ2n) is 5.87. The Balaban J connectivity index is 1.85. The zero-order valence-corrected chi connectivity index (χ0v) is 17.7. The van der Waals surface area contributed by atoms with Gasteiger partial charge in [0.25, 0.3) is 11.8 Å². The van der Waals surface area contributed by atoms with Crippen molar-refractivity contribution >= 4 is 45.1 Å². The number of hydrazine groups is 1. The summed E-state index contributed by atoms with van der Waals surface area (Å²) in [5.74, 6) is 0.0793. The van der Waals surface area contributed by atoms with Crippen molar-refractivity contribution in [3.8, 4) is 11.5 Å². The van der Waals surface area contributed by atoms with Gasteiger partial charge in [-0.15, -0.1) is 0 Å². The van der Waals surface area contributed by atoms with Crippen molar-refractivity contribution < 1.29 is 19.1 Å². The fraction of sp³-hybridized carbons (Fsp3) is 0.211. The first-order chi connectivity index (χ1) is 13.3. The van der Waals surface area contributed by atoms with E-state index in [9.17, 15) is 9.59 Å². The van der Waals surface area contributed by atoms with E-state index < -0.39 is 11.8 Å². The largest absolute Gasteiger partial charge is 0.490 e. The zero-order chi connectivity index (χ0) is 20.5. The molecule has 0 unspecified atom stereocenters. The van der Waals surface area contributed by atoms with Crippen LogP contribution < -0.4 is 25.6 Å². The van der Waals surface area contributed by atoms with Gasteiger partial charge in [0.2, 0.25) is 0 Å². The number of carbonyl (C=O) groups excluding carboxylic acids is 2. The summed E-state index contributed by atoms with van der Waals surface area (Å²) >= 11 is 8.37. The van der Waals surface area contributed by atoms with Crippen molar-refractivity contribution in [2.24, 2.45) is 0 Å². The summed E-state index contributed by atoms with van der Waals surface area (Å²) in [6.07, 6.45) is -0.0956. The molecule has 0 atom stereocenters. The van der Waals surface area contributed by atoms with E-state index in [0.29, 0.717) is 17.1 Å². The van der Waals surface area contributed by atoms with Crippen molar-refractivity contribution in [1.82, 2.24) is 16.2 Å². The molecule has 0 radical (unpaired) electrons. The third-order valence-corrected chi connectivity index (χ3v) is 3.90. The lowest BCUT2D eigenvalue weighted by molar-refractivity contribution is -0.123. The van der Waals surface area contributed by atoms with Crippen LogP contribution in [0.3, 0.4) is 0 Å². The monoisotopic (exact) mass is 465 g/mol. The summed E-state index contributed by atoms with van der Waals surface area (Å²) in [4.78, 5) is 24.3. The maximum atomic E-state index is 12.5. The summed E-state index contributed by atoms with van der Waals surface area (Å²) in [7, 11) is 0. The molecule has 7 nitrogen and oxygen atoms in total. The number of ether oxygens (including phenoxy) is 2. The van der Waals surface area contributed by atoms with Crippen LogP contribution in [0.1, 0.15) is 24.2 Å². The molecule has 0 saturated carbocycles. The van der Waals surface area contributed by atoms with Crippen molar-refractivity contribution in [2.45, 2.75) is 20.0 Å². The van der Waals surface area contributed by atoms with Gasteiger partial charge in [-0.3, -0.25) is 25.8 Å². The topological polar surface area (TPSA) is 88.7 Å². The number of nitrogens with one attached hydrogen (secondary N) is 3. The predicted octanol–water partition coefficient (Wildman–Crippen LogP) is 2.95. The quantitative estimate of drug-likeness (QED) is 0.448. The van der Waals surface area contributed by atoms with Gasteiger partial charge in [0.1, 0.15) is 11.5 Å². The van der Waals surface area contributed by atoms with Gasteiger partial charge in [0, 0.05) is 4.47 Å². The van der Waals surface area contributed by atoms with E-state index in [-0.39, 0.29) is 17.8 Å². The second kappa shape index (κ2) is 10.6. The molecule has 9 heteroatoms. The van der Waals surface area contributed by atoms with Crippen LogP contribution in [-0.4, -0.2) is 29.6 Å². The molecule has 0 aromatic heterocycles. The normalized spacial score (nSPS) is 10.1. The van der Waals surface area contributed by atoms with Crippen molar-refractivity contribution in [3.63, 3.8) is 0 Å². The number of thiocarbonyl (C=S) groups is 1. The lowest BCUT2D eigenvalue weighted by Gasteiger charge is -2.15. The first kappa shape index (κ1) is 21.6. The van der Waals surface area contributed by atoms with Gasteiger partial charge in [-0.25, -0.2) is 0 Å². The van der Waals surface area contributed by atoms with Crippen LogP contribution in [0.15, 0.2) is 53.0 Å². The van der Waals surface area contributed by atoms with Crippen LogP contribution in [0.5, 0.6) is 11.5 Å². The molecule has 0 aliphatic heterocycles. The Labute approximate surface area is 176 Å². The first-order valence-electron chi connectivity index (χ1n) is 8.39. The molecular weight excluding hydrogens is 446 g/mol. The van der Waals surface area contributed by atoms with Crippen LogP contribution in [0.4, 0.5) is 0 Å². The third kappa shape index (κ3) is 7.16. The Bertz CT molecular complexity index is 846. The van der Waals surface area contributed by atoms with Crippen molar-refractivity contribution in [2.75, 3.05) is 6.61 Å². The highest BCUT2D eigenvalue weighted by Crippen LogP contribution is 2.24. The van der Waals surface area contributed by atoms with E-state index in [1.165, 1.54) is 0 Å². The number of hydrogen-bond donors (Lipinski definition) is 3. The predicted molar refractivity (Wildman–Crippen MR) is 113 cm³/mol. The van der Waals surface area contributed by atoms with E-state index in [1.54, 1.807) is 42.5 Å². The van der Waals surface area contributed by atoms with Crippen molar-refractivity contribution in [3.05, 3.63) is 58.6 Å². The second-order valence-corrected chi connectivity index (χ2v) is 7.19. The summed E-state index contributed by atoms with van der Waals surface area (Å²) in [5, 5.41) is 2.43. The Kier molecular flexibility index (Phi) is 8.21. The van der Waals surface area contributed by atoms with E-state index in [4.69, 9.17) is 21.7 Å². The standard InChI is InChI=1S/C19H20BrN3O4S/c1-12(2)27-16-9-8-13(20)10-15(16)18(25)21-19(28)23-22-17(24)11-26-14-6-4-3-5-7-14/h3-10,12H,11H2,1-2H3,(H,22,24)(H2,21,23,25,28). The van der Waals surface area contributed by atoms with Crippen molar-refractivity contribution in [1.29, 1.82) is 0 Å². The summed E-state index contributed by atoms with van der Waals surface area (Å²) < 4.78 is 11.7. The molecule has 0 aliphatic carbocycles. The minimum Gasteiger partial charge on any atom is -0.490 e. The number of halogens is 1. The van der Waals surface area contributed by atoms with E-state index in [1.807, 2.05) is 19.9 Å². The lowest BCUT2D eigenvalue weighted by Crippen LogP contribution is -2.49. The van der Waals surface area contributed by atoms with Crippen LogP contribution in [0.2, 0.25) is 0 Å². The molecule has 0 heterocycles. The molecule has 0 fully saturated rings. The molecule has 3 N–H and O–H groups in total. The SMILES string of the molecule is CC(C)Oc1ccc(Br)cc1C(=O)NC(=S)NNC(=O)COc1ccccc1. The number of hydrogen-bond acceptors (Lipinski definition) is 5. The smallest absolute Gasteiger partial charge is 0.276 e. The Morgan fingerprint density at radius 3 is 2.50 bits per heavy atom. The molecular formula is C19H20BrN3O4S. The number of para-hydroxylation sites is 1. The van der Waals surface area contributed by atoms with E-state index >= 15 is 0 Å². The molecule has 2 amide bonds. The van der Waals surface area contributed by atoms with Crippen LogP contribution >= 0.6 is 28.1 Å². The molecule has 0 saturated heterocycles. The zero-order valence-electron chi connectivity index (χ0n) is 15.3. The van der Waals surface area contributed by atoms with Gasteiger partial charge in [0.15, 0.2) is 11.7 Å². The molecule has 148 valence electrons. The van der Waals surface area contributed by atoms with Crippen LogP contribution in [-0.2, 0) is 4.79 Å².